The first-order chi connectivity index (χ1) is 12.1. The maximum atomic E-state index is 5.66. The molecule has 5 nitrogen and oxygen atoms in total. The second kappa shape index (κ2) is 7.66. The summed E-state index contributed by atoms with van der Waals surface area (Å²) in [6.45, 7) is 4.02. The third-order valence-corrected chi connectivity index (χ3v) is 3.58. The van der Waals surface area contributed by atoms with Gasteiger partial charge in [-0.15, -0.1) is 0 Å². The van der Waals surface area contributed by atoms with Crippen molar-refractivity contribution in [3.05, 3.63) is 66.9 Å². The fourth-order valence-electron chi connectivity index (χ4n) is 2.38. The molecule has 1 aromatic heterocycles. The van der Waals surface area contributed by atoms with Crippen molar-refractivity contribution in [2.45, 2.75) is 20.0 Å². The molecule has 128 valence electrons. The summed E-state index contributed by atoms with van der Waals surface area (Å²) >= 11 is 0. The number of ether oxygens (including phenoxy) is 1. The lowest BCUT2D eigenvalue weighted by molar-refractivity contribution is 0.242. The molecular formula is C20H22N4O. The molecule has 0 radical (unpaired) electrons. The van der Waals surface area contributed by atoms with Gasteiger partial charge in [-0.1, -0.05) is 18.2 Å². The molecule has 0 unspecified atom stereocenters. The van der Waals surface area contributed by atoms with E-state index in [-0.39, 0.29) is 6.10 Å². The van der Waals surface area contributed by atoms with Gasteiger partial charge in [-0.3, -0.25) is 0 Å². The van der Waals surface area contributed by atoms with Gasteiger partial charge in [0.05, 0.1) is 6.10 Å². The predicted octanol–water partition coefficient (Wildman–Crippen LogP) is 4.78. The number of para-hydroxylation sites is 1. The first kappa shape index (κ1) is 16.8. The normalized spacial score (nSPS) is 10.6. The Labute approximate surface area is 148 Å². The number of nitrogens with one attached hydrogen (secondary N) is 1. The van der Waals surface area contributed by atoms with E-state index in [1.165, 1.54) is 0 Å². The summed E-state index contributed by atoms with van der Waals surface area (Å²) in [7, 11) is 1.95. The first-order valence-electron chi connectivity index (χ1n) is 8.27. The van der Waals surface area contributed by atoms with Crippen LogP contribution in [-0.2, 0) is 0 Å². The van der Waals surface area contributed by atoms with Crippen LogP contribution in [0.25, 0.3) is 0 Å². The minimum atomic E-state index is 0.164. The van der Waals surface area contributed by atoms with Gasteiger partial charge < -0.3 is 15.0 Å². The number of nitrogens with zero attached hydrogens (tertiary/aromatic N) is 3. The van der Waals surface area contributed by atoms with Crippen LogP contribution in [0.3, 0.4) is 0 Å². The van der Waals surface area contributed by atoms with E-state index >= 15 is 0 Å². The minimum absolute atomic E-state index is 0.164. The zero-order valence-corrected chi connectivity index (χ0v) is 14.7. The lowest BCUT2D eigenvalue weighted by atomic mass is 10.3. The average Bonchev–Trinajstić information content (AvgIpc) is 2.63. The van der Waals surface area contributed by atoms with Crippen LogP contribution in [0.4, 0.5) is 23.1 Å². The monoisotopic (exact) mass is 334 g/mol. The van der Waals surface area contributed by atoms with Crippen molar-refractivity contribution in [1.82, 2.24) is 9.97 Å². The van der Waals surface area contributed by atoms with E-state index in [9.17, 15) is 0 Å². The zero-order valence-electron chi connectivity index (χ0n) is 14.7. The van der Waals surface area contributed by atoms with Crippen molar-refractivity contribution in [2.75, 3.05) is 17.3 Å². The Hall–Kier alpha value is -3.08. The topological polar surface area (TPSA) is 50.3 Å². The molecule has 5 heteroatoms. The van der Waals surface area contributed by atoms with Crippen LogP contribution < -0.4 is 15.0 Å². The molecule has 1 heterocycles. The van der Waals surface area contributed by atoms with Gasteiger partial charge in [-0.25, -0.2) is 4.98 Å². The van der Waals surface area contributed by atoms with E-state index < -0.39 is 0 Å². The van der Waals surface area contributed by atoms with Gasteiger partial charge in [0.1, 0.15) is 11.6 Å². The van der Waals surface area contributed by atoms with E-state index in [1.807, 2.05) is 86.5 Å². The molecule has 3 rings (SSSR count). The lowest BCUT2D eigenvalue weighted by Gasteiger charge is -2.17. The van der Waals surface area contributed by atoms with Gasteiger partial charge in [0.2, 0.25) is 5.95 Å². The van der Waals surface area contributed by atoms with Crippen molar-refractivity contribution < 1.29 is 4.74 Å². The summed E-state index contributed by atoms with van der Waals surface area (Å²) in [5.74, 6) is 2.23. The number of rotatable bonds is 6. The maximum Gasteiger partial charge on any atom is 0.231 e. The van der Waals surface area contributed by atoms with Crippen LogP contribution in [0.5, 0.6) is 5.75 Å². The Morgan fingerprint density at radius 3 is 2.36 bits per heavy atom. The van der Waals surface area contributed by atoms with E-state index in [1.54, 1.807) is 6.20 Å². The predicted molar refractivity (Wildman–Crippen MR) is 102 cm³/mol. The van der Waals surface area contributed by atoms with Crippen LogP contribution in [-0.4, -0.2) is 23.1 Å². The van der Waals surface area contributed by atoms with Gasteiger partial charge in [0.25, 0.3) is 0 Å². The molecule has 0 saturated heterocycles. The minimum Gasteiger partial charge on any atom is -0.491 e. The summed E-state index contributed by atoms with van der Waals surface area (Å²) in [6.07, 6.45) is 1.91. The molecule has 0 aliphatic heterocycles. The highest BCUT2D eigenvalue weighted by atomic mass is 16.5. The Morgan fingerprint density at radius 1 is 0.960 bits per heavy atom. The summed E-state index contributed by atoms with van der Waals surface area (Å²) < 4.78 is 5.66. The van der Waals surface area contributed by atoms with E-state index in [2.05, 4.69) is 15.3 Å². The molecule has 0 saturated carbocycles. The van der Waals surface area contributed by atoms with Gasteiger partial charge in [-0.2, -0.15) is 4.98 Å². The fourth-order valence-corrected chi connectivity index (χ4v) is 2.38. The third kappa shape index (κ3) is 4.47. The molecule has 0 spiro atoms. The number of anilines is 4. The van der Waals surface area contributed by atoms with Crippen LogP contribution in [0.15, 0.2) is 66.9 Å². The van der Waals surface area contributed by atoms with E-state index in [0.29, 0.717) is 5.95 Å². The van der Waals surface area contributed by atoms with E-state index in [4.69, 9.17) is 4.74 Å². The molecule has 0 aliphatic carbocycles. The smallest absolute Gasteiger partial charge is 0.231 e. The molecule has 1 N–H and O–H groups in total. The van der Waals surface area contributed by atoms with Crippen LogP contribution >= 0.6 is 0 Å². The van der Waals surface area contributed by atoms with Crippen molar-refractivity contribution in [3.63, 3.8) is 0 Å². The quantitative estimate of drug-likeness (QED) is 0.703. The van der Waals surface area contributed by atoms with Gasteiger partial charge in [0, 0.05) is 24.6 Å². The second-order valence-corrected chi connectivity index (χ2v) is 5.95. The molecule has 25 heavy (non-hydrogen) atoms. The molecule has 0 fully saturated rings. The zero-order chi connectivity index (χ0) is 17.6. The number of hydrogen-bond donors (Lipinski definition) is 1. The number of hydrogen-bond acceptors (Lipinski definition) is 5. The van der Waals surface area contributed by atoms with Crippen molar-refractivity contribution in [1.29, 1.82) is 0 Å². The highest BCUT2D eigenvalue weighted by Gasteiger charge is 2.07. The van der Waals surface area contributed by atoms with Crippen molar-refractivity contribution in [3.8, 4) is 5.75 Å². The fraction of sp³-hybridized carbons (Fsp3) is 0.200. The number of benzene rings is 2. The molecular weight excluding hydrogens is 312 g/mol. The van der Waals surface area contributed by atoms with Crippen LogP contribution in [0.1, 0.15) is 13.8 Å². The SMILES string of the molecule is CC(C)Oc1ccc(Nc2ccnc(N(C)c3ccccc3)n2)cc1. The highest BCUT2D eigenvalue weighted by molar-refractivity contribution is 5.61. The summed E-state index contributed by atoms with van der Waals surface area (Å²) in [4.78, 5) is 10.9. The Balaban J connectivity index is 1.73. The number of aromatic nitrogens is 2. The lowest BCUT2D eigenvalue weighted by Crippen LogP contribution is -2.13. The largest absolute Gasteiger partial charge is 0.491 e. The average molecular weight is 334 g/mol. The molecule has 0 amide bonds. The molecule has 0 bridgehead atoms. The van der Waals surface area contributed by atoms with Gasteiger partial charge in [0.15, 0.2) is 0 Å². The molecule has 0 atom stereocenters. The Bertz CT molecular complexity index is 803. The van der Waals surface area contributed by atoms with Crippen LogP contribution in [0, 0.1) is 0 Å². The standard InChI is InChI=1S/C20H22N4O/c1-15(2)25-18-11-9-16(10-12-18)22-19-13-14-21-20(23-19)24(3)17-7-5-4-6-8-17/h4-15H,1-3H3,(H,21,22,23). The summed E-state index contributed by atoms with van der Waals surface area (Å²) in [6, 6.07) is 19.7. The third-order valence-electron chi connectivity index (χ3n) is 3.58. The molecule has 0 aliphatic rings. The molecule has 3 aromatic rings. The van der Waals surface area contributed by atoms with Gasteiger partial charge >= 0.3 is 0 Å². The van der Waals surface area contributed by atoms with Crippen molar-refractivity contribution >= 4 is 23.1 Å². The molecule has 2 aromatic carbocycles. The highest BCUT2D eigenvalue weighted by Crippen LogP contribution is 2.23. The Morgan fingerprint density at radius 2 is 1.68 bits per heavy atom. The van der Waals surface area contributed by atoms with Crippen molar-refractivity contribution in [2.24, 2.45) is 0 Å². The van der Waals surface area contributed by atoms with Crippen LogP contribution in [0.2, 0.25) is 0 Å². The second-order valence-electron chi connectivity index (χ2n) is 5.95. The van der Waals surface area contributed by atoms with Gasteiger partial charge in [-0.05, 0) is 56.3 Å². The summed E-state index contributed by atoms with van der Waals surface area (Å²) in [5.41, 5.74) is 1.98. The summed E-state index contributed by atoms with van der Waals surface area (Å²) in [5, 5.41) is 3.30. The Kier molecular flexibility index (Phi) is 5.14. The van der Waals surface area contributed by atoms with E-state index in [0.717, 1.165) is 22.9 Å². The first-order valence-corrected chi connectivity index (χ1v) is 8.27. The maximum absolute atomic E-state index is 5.66.